The Kier molecular flexibility index (Phi) is 12.6. The Bertz CT molecular complexity index is 398. The number of ether oxygens (including phenoxy) is 2. The number of carboxylic acids is 1. The zero-order valence-electron chi connectivity index (χ0n) is 12.1. The van der Waals surface area contributed by atoms with Gasteiger partial charge in [-0.2, -0.15) is 0 Å². The first kappa shape index (κ1) is 20.9. The molecule has 1 atom stereocenters. The molecule has 0 fully saturated rings. The Hall–Kier alpha value is -2.41. The second kappa shape index (κ2) is 12.6. The summed E-state index contributed by atoms with van der Waals surface area (Å²) in [5.74, 6) is -2.12. The second-order valence-electron chi connectivity index (χ2n) is 3.70. The van der Waals surface area contributed by atoms with E-state index in [4.69, 9.17) is 5.11 Å². The maximum absolute atomic E-state index is 10.8. The Balaban J connectivity index is 0. The highest BCUT2D eigenvalue weighted by atomic mass is 16.6. The molecule has 0 rings (SSSR count). The van der Waals surface area contributed by atoms with Gasteiger partial charge in [-0.15, -0.1) is 0 Å². The summed E-state index contributed by atoms with van der Waals surface area (Å²) in [6.45, 7) is 9.02. The first-order valence-electron chi connectivity index (χ1n) is 5.90. The van der Waals surface area contributed by atoms with Crippen molar-refractivity contribution in [2.24, 2.45) is 0 Å². The summed E-state index contributed by atoms with van der Waals surface area (Å²) in [7, 11) is 0. The number of carbonyl (C=O) groups excluding carboxylic acids is 2. The predicted molar refractivity (Wildman–Crippen MR) is 75.4 cm³/mol. The van der Waals surface area contributed by atoms with Crippen LogP contribution in [0.4, 0.5) is 0 Å². The fourth-order valence-electron chi connectivity index (χ4n) is 0.648. The number of rotatable bonds is 7. The third-order valence-electron chi connectivity index (χ3n) is 1.67. The topological polar surface area (TPSA) is 110 Å². The van der Waals surface area contributed by atoms with Gasteiger partial charge >= 0.3 is 17.9 Å². The Labute approximate surface area is 123 Å². The van der Waals surface area contributed by atoms with Crippen molar-refractivity contribution in [1.82, 2.24) is 0 Å². The van der Waals surface area contributed by atoms with E-state index in [1.165, 1.54) is 19.1 Å². The quantitative estimate of drug-likeness (QED) is 0.529. The van der Waals surface area contributed by atoms with Gasteiger partial charge in [-0.3, -0.25) is 0 Å². The summed E-state index contributed by atoms with van der Waals surface area (Å²) in [4.78, 5) is 31.0. The van der Waals surface area contributed by atoms with Crippen LogP contribution in [0.5, 0.6) is 0 Å². The highest BCUT2D eigenvalue weighted by Crippen LogP contribution is 1.91. The molecule has 1 unspecified atom stereocenters. The normalized spacial score (nSPS) is 10.8. The van der Waals surface area contributed by atoms with E-state index in [-0.39, 0.29) is 18.8 Å². The first-order chi connectivity index (χ1) is 9.74. The van der Waals surface area contributed by atoms with Gasteiger partial charge in [0.15, 0.2) is 0 Å². The van der Waals surface area contributed by atoms with E-state index >= 15 is 0 Å². The van der Waals surface area contributed by atoms with E-state index < -0.39 is 24.0 Å². The van der Waals surface area contributed by atoms with Gasteiger partial charge in [-0.25, -0.2) is 14.4 Å². The smallest absolute Gasteiger partial charge is 0.330 e. The number of allylic oxidation sites excluding steroid dienone is 1. The molecule has 0 aliphatic rings. The van der Waals surface area contributed by atoms with Gasteiger partial charge in [0, 0.05) is 17.7 Å². The van der Waals surface area contributed by atoms with Gasteiger partial charge in [-0.05, 0) is 13.8 Å². The Morgan fingerprint density at radius 2 is 1.62 bits per heavy atom. The van der Waals surface area contributed by atoms with Crippen molar-refractivity contribution in [3.63, 3.8) is 0 Å². The number of carboxylic acid groups (broad SMARTS) is 1. The molecular formula is C14H20O7. The molecule has 0 aromatic heterocycles. The second-order valence-corrected chi connectivity index (χ2v) is 3.70. The molecule has 0 aliphatic carbocycles. The summed E-state index contributed by atoms with van der Waals surface area (Å²) < 4.78 is 9.15. The van der Waals surface area contributed by atoms with Gasteiger partial charge in [0.1, 0.15) is 19.3 Å². The van der Waals surface area contributed by atoms with Crippen molar-refractivity contribution in [3.8, 4) is 0 Å². The Morgan fingerprint density at radius 3 is 1.95 bits per heavy atom. The zero-order valence-corrected chi connectivity index (χ0v) is 12.1. The number of carbonyl (C=O) groups is 3. The van der Waals surface area contributed by atoms with E-state index in [1.807, 2.05) is 0 Å². The first-order valence-corrected chi connectivity index (χ1v) is 5.90. The van der Waals surface area contributed by atoms with E-state index in [0.29, 0.717) is 0 Å². The van der Waals surface area contributed by atoms with Crippen molar-refractivity contribution in [1.29, 1.82) is 0 Å². The molecule has 2 N–H and O–H groups in total. The molecule has 0 saturated heterocycles. The molecule has 118 valence electrons. The lowest BCUT2D eigenvalue weighted by Crippen LogP contribution is -2.24. The minimum Gasteiger partial charge on any atom is -0.478 e. The van der Waals surface area contributed by atoms with E-state index in [2.05, 4.69) is 22.6 Å². The van der Waals surface area contributed by atoms with Crippen molar-refractivity contribution in [2.75, 3.05) is 13.2 Å². The highest BCUT2D eigenvalue weighted by molar-refractivity contribution is 5.84. The molecule has 0 radical (unpaired) electrons. The van der Waals surface area contributed by atoms with Gasteiger partial charge in [0.05, 0.1) is 0 Å². The summed E-state index contributed by atoms with van der Waals surface area (Å²) >= 11 is 0. The summed E-state index contributed by atoms with van der Waals surface area (Å²) in [5, 5.41) is 17.1. The molecule has 0 aromatic rings. The van der Waals surface area contributed by atoms with E-state index in [1.54, 1.807) is 6.92 Å². The molecule has 0 aromatic carbocycles. The average Bonchev–Trinajstić information content (AvgIpc) is 2.43. The van der Waals surface area contributed by atoms with Gasteiger partial charge < -0.3 is 19.7 Å². The zero-order chi connectivity index (χ0) is 16.8. The highest BCUT2D eigenvalue weighted by Gasteiger charge is 2.08. The van der Waals surface area contributed by atoms with Crippen LogP contribution in [0.15, 0.2) is 37.0 Å². The van der Waals surface area contributed by atoms with Crippen LogP contribution in [0, 0.1) is 0 Å². The number of aliphatic hydroxyl groups excluding tert-OH is 1. The summed E-state index contributed by atoms with van der Waals surface area (Å²) in [6, 6.07) is 0. The van der Waals surface area contributed by atoms with Crippen molar-refractivity contribution in [2.45, 2.75) is 20.0 Å². The van der Waals surface area contributed by atoms with Gasteiger partial charge in [-0.1, -0.05) is 19.2 Å². The Morgan fingerprint density at radius 1 is 1.19 bits per heavy atom. The van der Waals surface area contributed by atoms with Crippen molar-refractivity contribution >= 4 is 17.9 Å². The van der Waals surface area contributed by atoms with Crippen LogP contribution in [0.25, 0.3) is 0 Å². The molecule has 0 spiro atoms. The van der Waals surface area contributed by atoms with E-state index in [9.17, 15) is 19.5 Å². The minimum atomic E-state index is -1.02. The number of hydrogen-bond donors (Lipinski definition) is 2. The average molecular weight is 300 g/mol. The lowest BCUT2D eigenvalue weighted by molar-refractivity contribution is -0.146. The predicted octanol–water partition coefficient (Wildman–Crippen LogP) is 0.843. The number of aliphatic hydroxyl groups is 1. The molecule has 0 saturated carbocycles. The van der Waals surface area contributed by atoms with E-state index in [0.717, 1.165) is 6.08 Å². The van der Waals surface area contributed by atoms with Crippen LogP contribution in [-0.4, -0.2) is 47.4 Å². The fraction of sp³-hybridized carbons (Fsp3) is 0.357. The van der Waals surface area contributed by atoms with Crippen LogP contribution in [0.1, 0.15) is 13.8 Å². The maximum atomic E-state index is 10.8. The molecule has 7 heteroatoms. The van der Waals surface area contributed by atoms with Gasteiger partial charge in [0.25, 0.3) is 0 Å². The third kappa shape index (κ3) is 15.5. The largest absolute Gasteiger partial charge is 0.478 e. The molecule has 21 heavy (non-hydrogen) atoms. The molecule has 0 amide bonds. The molecule has 0 aliphatic heterocycles. The van der Waals surface area contributed by atoms with Crippen molar-refractivity contribution < 1.29 is 34.1 Å². The van der Waals surface area contributed by atoms with Crippen LogP contribution in [0.2, 0.25) is 0 Å². The lowest BCUT2D eigenvalue weighted by atomic mass is 10.4. The molecule has 0 bridgehead atoms. The van der Waals surface area contributed by atoms with Crippen LogP contribution in [0.3, 0.4) is 0 Å². The van der Waals surface area contributed by atoms with Crippen LogP contribution >= 0.6 is 0 Å². The SMILES string of the molecule is C=C(C)C(=O)O.C=CC(=O)OCC(O)COC(=O)C=CC. The standard InChI is InChI=1S/C10H14O5.C4H6O2/c1-3-5-10(13)15-7-8(11)6-14-9(12)4-2;1-3(2)4(5)6/h3-5,8,11H,2,6-7H2,1H3;1H2,2H3,(H,5,6). The third-order valence-corrected chi connectivity index (χ3v) is 1.67. The molecule has 7 nitrogen and oxygen atoms in total. The summed E-state index contributed by atoms with van der Waals surface area (Å²) in [5.41, 5.74) is 0.176. The summed E-state index contributed by atoms with van der Waals surface area (Å²) in [6.07, 6.45) is 2.70. The van der Waals surface area contributed by atoms with Crippen molar-refractivity contribution in [3.05, 3.63) is 37.0 Å². The van der Waals surface area contributed by atoms with Gasteiger partial charge in [0.2, 0.25) is 0 Å². The number of esters is 2. The fourth-order valence-corrected chi connectivity index (χ4v) is 0.648. The van der Waals surface area contributed by atoms with Crippen LogP contribution < -0.4 is 0 Å². The number of hydrogen-bond acceptors (Lipinski definition) is 6. The lowest BCUT2D eigenvalue weighted by Gasteiger charge is -2.09. The number of aliphatic carboxylic acids is 1. The maximum Gasteiger partial charge on any atom is 0.330 e. The minimum absolute atomic E-state index is 0.176. The monoisotopic (exact) mass is 300 g/mol. The molecular weight excluding hydrogens is 280 g/mol. The van der Waals surface area contributed by atoms with Crippen LogP contribution in [-0.2, 0) is 23.9 Å². The molecule has 0 heterocycles.